The van der Waals surface area contributed by atoms with Gasteiger partial charge in [-0.1, -0.05) is 54.1 Å². The molecule has 0 heterocycles. The average molecular weight is 411 g/mol. The van der Waals surface area contributed by atoms with Gasteiger partial charge in [0.15, 0.2) is 6.54 Å². The highest BCUT2D eigenvalue weighted by Crippen LogP contribution is 2.22. The van der Waals surface area contributed by atoms with Gasteiger partial charge < -0.3 is 15.5 Å². The van der Waals surface area contributed by atoms with E-state index in [0.29, 0.717) is 10.7 Å². The molecule has 5 nitrogen and oxygen atoms in total. The fourth-order valence-corrected chi connectivity index (χ4v) is 3.39. The van der Waals surface area contributed by atoms with Crippen molar-refractivity contribution in [2.45, 2.75) is 13.5 Å². The van der Waals surface area contributed by atoms with E-state index >= 15 is 0 Å². The largest absolute Gasteiger partial charge is 0.342 e. The van der Waals surface area contributed by atoms with E-state index in [4.69, 9.17) is 11.6 Å². The Morgan fingerprint density at radius 3 is 2.52 bits per heavy atom. The first-order chi connectivity index (χ1) is 13.9. The SMILES string of the molecule is Cc1c(Cl)cccc1NC(=O)CNC(=O)C[NH+](C)Cc1ccc2ccccc2c1. The Kier molecular flexibility index (Phi) is 6.86. The molecule has 0 saturated carbocycles. The van der Waals surface area contributed by atoms with Crippen LogP contribution >= 0.6 is 11.6 Å². The molecule has 3 N–H and O–H groups in total. The van der Waals surface area contributed by atoms with E-state index in [1.807, 2.05) is 26.1 Å². The maximum Gasteiger partial charge on any atom is 0.275 e. The van der Waals surface area contributed by atoms with Crippen molar-refractivity contribution in [1.29, 1.82) is 0 Å². The maximum absolute atomic E-state index is 12.2. The lowest BCUT2D eigenvalue weighted by Crippen LogP contribution is -3.08. The van der Waals surface area contributed by atoms with Crippen LogP contribution in [-0.4, -0.2) is 32.0 Å². The highest BCUT2D eigenvalue weighted by molar-refractivity contribution is 6.31. The summed E-state index contributed by atoms with van der Waals surface area (Å²) in [5, 5.41) is 8.43. The Labute approximate surface area is 175 Å². The molecule has 6 heteroatoms. The summed E-state index contributed by atoms with van der Waals surface area (Å²) in [7, 11) is 1.96. The Bertz CT molecular complexity index is 1040. The first kappa shape index (κ1) is 20.8. The summed E-state index contributed by atoms with van der Waals surface area (Å²) in [6.45, 7) is 2.78. The van der Waals surface area contributed by atoms with Gasteiger partial charge in [0.2, 0.25) is 5.91 Å². The third-order valence-electron chi connectivity index (χ3n) is 4.77. The molecule has 29 heavy (non-hydrogen) atoms. The molecule has 1 atom stereocenters. The molecule has 3 rings (SSSR count). The van der Waals surface area contributed by atoms with Crippen LogP contribution in [0.25, 0.3) is 10.8 Å². The number of likely N-dealkylation sites (N-methyl/N-ethyl adjacent to an activating group) is 1. The van der Waals surface area contributed by atoms with Crippen LogP contribution in [0.2, 0.25) is 5.02 Å². The summed E-state index contributed by atoms with van der Waals surface area (Å²) in [5.41, 5.74) is 2.62. The van der Waals surface area contributed by atoms with E-state index in [9.17, 15) is 9.59 Å². The number of nitrogens with one attached hydrogen (secondary N) is 3. The van der Waals surface area contributed by atoms with E-state index in [-0.39, 0.29) is 24.9 Å². The normalized spacial score (nSPS) is 11.8. The zero-order chi connectivity index (χ0) is 20.8. The lowest BCUT2D eigenvalue weighted by molar-refractivity contribution is -0.885. The third kappa shape index (κ3) is 5.79. The fraction of sp³-hybridized carbons (Fsp3) is 0.217. The van der Waals surface area contributed by atoms with Gasteiger partial charge in [0.05, 0.1) is 13.6 Å². The predicted octanol–water partition coefficient (Wildman–Crippen LogP) is 2.57. The number of anilines is 1. The van der Waals surface area contributed by atoms with Crippen molar-refractivity contribution in [3.63, 3.8) is 0 Å². The molecular weight excluding hydrogens is 386 g/mol. The average Bonchev–Trinajstić information content (AvgIpc) is 2.70. The number of rotatable bonds is 7. The van der Waals surface area contributed by atoms with Gasteiger partial charge in [0.25, 0.3) is 5.91 Å². The number of halogens is 1. The molecule has 0 bridgehead atoms. The second-order valence-electron chi connectivity index (χ2n) is 7.23. The first-order valence-electron chi connectivity index (χ1n) is 9.53. The van der Waals surface area contributed by atoms with E-state index in [0.717, 1.165) is 17.0 Å². The first-order valence-corrected chi connectivity index (χ1v) is 9.91. The lowest BCUT2D eigenvalue weighted by atomic mass is 10.1. The number of benzene rings is 3. The summed E-state index contributed by atoms with van der Waals surface area (Å²) >= 11 is 6.06. The Balaban J connectivity index is 1.46. The van der Waals surface area contributed by atoms with Crippen molar-refractivity contribution in [3.05, 3.63) is 76.8 Å². The molecule has 0 aliphatic heterocycles. The van der Waals surface area contributed by atoms with Gasteiger partial charge in [-0.05, 0) is 41.5 Å². The van der Waals surface area contributed by atoms with Crippen molar-refractivity contribution in [1.82, 2.24) is 5.32 Å². The maximum atomic E-state index is 12.2. The Morgan fingerprint density at radius 2 is 1.72 bits per heavy atom. The van der Waals surface area contributed by atoms with Gasteiger partial charge in [-0.15, -0.1) is 0 Å². The van der Waals surface area contributed by atoms with Crippen LogP contribution in [0.1, 0.15) is 11.1 Å². The second-order valence-corrected chi connectivity index (χ2v) is 7.64. The van der Waals surface area contributed by atoms with Crippen molar-refractivity contribution in [3.8, 4) is 0 Å². The van der Waals surface area contributed by atoms with Gasteiger partial charge in [-0.2, -0.15) is 0 Å². The zero-order valence-corrected chi connectivity index (χ0v) is 17.3. The van der Waals surface area contributed by atoms with Crippen molar-refractivity contribution in [2.24, 2.45) is 0 Å². The van der Waals surface area contributed by atoms with Crippen LogP contribution in [0.5, 0.6) is 0 Å². The molecule has 3 aromatic rings. The minimum Gasteiger partial charge on any atom is -0.342 e. The molecule has 150 valence electrons. The van der Waals surface area contributed by atoms with E-state index < -0.39 is 0 Å². The molecule has 0 saturated heterocycles. The van der Waals surface area contributed by atoms with Crippen LogP contribution < -0.4 is 15.5 Å². The molecular formula is C23H25ClN3O2+. The molecule has 1 unspecified atom stereocenters. The highest BCUT2D eigenvalue weighted by atomic mass is 35.5. The molecule has 0 aromatic heterocycles. The predicted molar refractivity (Wildman–Crippen MR) is 117 cm³/mol. The monoisotopic (exact) mass is 410 g/mol. The minimum absolute atomic E-state index is 0.0754. The lowest BCUT2D eigenvalue weighted by Gasteiger charge is -2.14. The topological polar surface area (TPSA) is 62.6 Å². The standard InChI is InChI=1S/C23H24ClN3O2/c1-16-20(24)8-5-9-21(16)26-22(28)13-25-23(29)15-27(2)14-17-10-11-18-6-3-4-7-19(18)12-17/h3-12H,13-15H2,1-2H3,(H,25,29)(H,26,28)/p+1. The number of hydrogen-bond acceptors (Lipinski definition) is 2. The fourth-order valence-electron chi connectivity index (χ4n) is 3.21. The van der Waals surface area contributed by atoms with Crippen LogP contribution in [-0.2, 0) is 16.1 Å². The summed E-state index contributed by atoms with van der Waals surface area (Å²) < 4.78 is 0. The smallest absolute Gasteiger partial charge is 0.275 e. The van der Waals surface area contributed by atoms with Gasteiger partial charge >= 0.3 is 0 Å². The van der Waals surface area contributed by atoms with Crippen LogP contribution in [0.15, 0.2) is 60.7 Å². The van der Waals surface area contributed by atoms with E-state index in [2.05, 4.69) is 41.0 Å². The molecule has 0 spiro atoms. The van der Waals surface area contributed by atoms with Crippen molar-refractivity contribution < 1.29 is 14.5 Å². The summed E-state index contributed by atoms with van der Waals surface area (Å²) in [6, 6.07) is 19.9. The number of hydrogen-bond donors (Lipinski definition) is 3. The number of carbonyl (C=O) groups is 2. The van der Waals surface area contributed by atoms with Crippen molar-refractivity contribution in [2.75, 3.05) is 25.5 Å². The summed E-state index contributed by atoms with van der Waals surface area (Å²) in [5.74, 6) is -0.447. The van der Waals surface area contributed by atoms with Gasteiger partial charge in [-0.25, -0.2) is 0 Å². The molecule has 0 aliphatic rings. The molecule has 0 radical (unpaired) electrons. The highest BCUT2D eigenvalue weighted by Gasteiger charge is 2.13. The van der Waals surface area contributed by atoms with Crippen molar-refractivity contribution >= 4 is 39.9 Å². The third-order valence-corrected chi connectivity index (χ3v) is 5.18. The Morgan fingerprint density at radius 1 is 0.966 bits per heavy atom. The van der Waals surface area contributed by atoms with Crippen LogP contribution in [0, 0.1) is 6.92 Å². The summed E-state index contributed by atoms with van der Waals surface area (Å²) in [4.78, 5) is 25.4. The van der Waals surface area contributed by atoms with Crippen LogP contribution in [0.3, 0.4) is 0 Å². The van der Waals surface area contributed by atoms with Crippen LogP contribution in [0.4, 0.5) is 5.69 Å². The van der Waals surface area contributed by atoms with E-state index in [1.165, 1.54) is 16.3 Å². The number of quaternary nitrogens is 1. The number of fused-ring (bicyclic) bond motifs is 1. The molecule has 0 aliphatic carbocycles. The molecule has 2 amide bonds. The van der Waals surface area contributed by atoms with Gasteiger partial charge in [0, 0.05) is 16.3 Å². The van der Waals surface area contributed by atoms with Gasteiger partial charge in [0.1, 0.15) is 6.54 Å². The van der Waals surface area contributed by atoms with Gasteiger partial charge in [-0.3, -0.25) is 9.59 Å². The summed E-state index contributed by atoms with van der Waals surface area (Å²) in [6.07, 6.45) is 0. The molecule has 0 fully saturated rings. The molecule has 3 aromatic carbocycles. The quantitative estimate of drug-likeness (QED) is 0.560. The minimum atomic E-state index is -0.282. The number of carbonyl (C=O) groups excluding carboxylic acids is 2. The number of amides is 2. The zero-order valence-electron chi connectivity index (χ0n) is 16.6. The van der Waals surface area contributed by atoms with E-state index in [1.54, 1.807) is 18.2 Å². The Hall–Kier alpha value is -2.89. The second kappa shape index (κ2) is 9.54.